The summed E-state index contributed by atoms with van der Waals surface area (Å²) >= 11 is 1.28. The van der Waals surface area contributed by atoms with Crippen LogP contribution in [0, 0.1) is 0 Å². The van der Waals surface area contributed by atoms with Gasteiger partial charge in [0.15, 0.2) is 5.69 Å². The Hall–Kier alpha value is -1.50. The minimum atomic E-state index is -1.14. The van der Waals surface area contributed by atoms with E-state index in [9.17, 15) is 9.59 Å². The molecule has 1 aromatic heterocycles. The molecular weight excluding hydrogens is 258 g/mol. The van der Waals surface area contributed by atoms with Crippen LogP contribution in [0.25, 0.3) is 0 Å². The summed E-state index contributed by atoms with van der Waals surface area (Å²) in [5, 5.41) is 12.0. The van der Waals surface area contributed by atoms with Crippen molar-refractivity contribution >= 4 is 23.7 Å². The van der Waals surface area contributed by atoms with Crippen molar-refractivity contribution in [3.8, 4) is 0 Å². The molecule has 0 bridgehead atoms. The predicted molar refractivity (Wildman–Crippen MR) is 65.5 cm³/mol. The number of carboxylic acids is 1. The van der Waals surface area contributed by atoms with Crippen LogP contribution in [0.3, 0.4) is 0 Å². The van der Waals surface area contributed by atoms with Crippen LogP contribution in [-0.2, 0) is 15.3 Å². The molecule has 7 heteroatoms. The number of esters is 1. The monoisotopic (exact) mass is 273 g/mol. The number of nitrogens with zero attached hydrogens (tertiary/aromatic N) is 1. The van der Waals surface area contributed by atoms with E-state index in [1.165, 1.54) is 17.8 Å². The summed E-state index contributed by atoms with van der Waals surface area (Å²) in [5.41, 5.74) is -0.636. The molecule has 0 aliphatic rings. The van der Waals surface area contributed by atoms with Gasteiger partial charge < -0.3 is 14.4 Å². The van der Waals surface area contributed by atoms with Crippen molar-refractivity contribution in [2.75, 3.05) is 5.75 Å². The first-order chi connectivity index (χ1) is 8.28. The molecule has 1 heterocycles. The van der Waals surface area contributed by atoms with Gasteiger partial charge in [0.25, 0.3) is 0 Å². The summed E-state index contributed by atoms with van der Waals surface area (Å²) in [4.78, 5) is 21.9. The normalized spacial score (nSPS) is 11.3. The number of thioether (sulfide) groups is 1. The van der Waals surface area contributed by atoms with Crippen molar-refractivity contribution < 1.29 is 24.0 Å². The number of aromatic nitrogens is 1. The first-order valence-electron chi connectivity index (χ1n) is 5.26. The number of carboxylic acid groups (broad SMARTS) is 1. The highest BCUT2D eigenvalue weighted by molar-refractivity contribution is 7.99. The van der Waals surface area contributed by atoms with Crippen LogP contribution in [0.5, 0.6) is 0 Å². The third-order valence-corrected chi connectivity index (χ3v) is 2.59. The Bertz CT molecular complexity index is 435. The van der Waals surface area contributed by atoms with Crippen molar-refractivity contribution in [2.24, 2.45) is 0 Å². The number of carbonyl (C=O) groups excluding carboxylic acids is 1. The zero-order valence-electron chi connectivity index (χ0n) is 10.4. The molecule has 0 amide bonds. The molecule has 0 spiro atoms. The van der Waals surface area contributed by atoms with Gasteiger partial charge in [-0.3, -0.25) is 4.79 Å². The summed E-state index contributed by atoms with van der Waals surface area (Å²) in [7, 11) is 0. The Balaban J connectivity index is 2.33. The molecule has 0 aromatic carbocycles. The van der Waals surface area contributed by atoms with Gasteiger partial charge in [-0.1, -0.05) is 5.16 Å². The highest BCUT2D eigenvalue weighted by Crippen LogP contribution is 2.15. The minimum Gasteiger partial charge on any atom is -0.476 e. The van der Waals surface area contributed by atoms with Gasteiger partial charge in [0.2, 0.25) is 0 Å². The van der Waals surface area contributed by atoms with E-state index < -0.39 is 11.6 Å². The lowest BCUT2D eigenvalue weighted by Crippen LogP contribution is -2.24. The van der Waals surface area contributed by atoms with Crippen LogP contribution >= 0.6 is 11.8 Å². The smallest absolute Gasteiger partial charge is 0.358 e. The second-order valence-corrected chi connectivity index (χ2v) is 5.55. The summed E-state index contributed by atoms with van der Waals surface area (Å²) in [6.45, 7) is 5.39. The van der Waals surface area contributed by atoms with Gasteiger partial charge in [0.05, 0.1) is 11.5 Å². The van der Waals surface area contributed by atoms with Gasteiger partial charge >= 0.3 is 11.9 Å². The van der Waals surface area contributed by atoms with Gasteiger partial charge in [0.1, 0.15) is 11.4 Å². The number of ether oxygens (including phenoxy) is 1. The molecule has 0 saturated carbocycles. The summed E-state index contributed by atoms with van der Waals surface area (Å²) in [5.74, 6) is -0.478. The molecular formula is C11H15NO5S. The van der Waals surface area contributed by atoms with Crippen LogP contribution in [0.2, 0.25) is 0 Å². The molecule has 0 unspecified atom stereocenters. The SMILES string of the molecule is CC(C)(C)OC(=O)CSCc1cc(C(=O)O)no1. The number of hydrogen-bond acceptors (Lipinski definition) is 6. The molecule has 1 aromatic rings. The Morgan fingerprint density at radius 1 is 1.50 bits per heavy atom. The first-order valence-corrected chi connectivity index (χ1v) is 6.42. The molecule has 0 atom stereocenters. The van der Waals surface area contributed by atoms with Gasteiger partial charge in [-0.15, -0.1) is 11.8 Å². The lowest BCUT2D eigenvalue weighted by molar-refractivity contribution is -0.151. The molecule has 0 aliphatic carbocycles. The fraction of sp³-hybridized carbons (Fsp3) is 0.545. The van der Waals surface area contributed by atoms with E-state index in [1.807, 2.05) is 0 Å². The van der Waals surface area contributed by atoms with Crippen LogP contribution in [0.1, 0.15) is 37.0 Å². The maximum atomic E-state index is 11.4. The van der Waals surface area contributed by atoms with Crippen LogP contribution in [0.4, 0.5) is 0 Å². The average molecular weight is 273 g/mol. The van der Waals surface area contributed by atoms with E-state index in [0.29, 0.717) is 11.5 Å². The number of aromatic carboxylic acids is 1. The average Bonchev–Trinajstić information content (AvgIpc) is 2.63. The molecule has 6 nitrogen and oxygen atoms in total. The molecule has 1 rings (SSSR count). The van der Waals surface area contributed by atoms with Crippen LogP contribution in [0.15, 0.2) is 10.6 Å². The van der Waals surface area contributed by atoms with E-state index in [0.717, 1.165) is 0 Å². The summed E-state index contributed by atoms with van der Waals surface area (Å²) < 4.78 is 9.92. The molecule has 100 valence electrons. The van der Waals surface area contributed by atoms with E-state index in [1.54, 1.807) is 20.8 Å². The molecule has 0 fully saturated rings. The predicted octanol–water partition coefficient (Wildman–Crippen LogP) is 1.95. The van der Waals surface area contributed by atoms with E-state index in [2.05, 4.69) is 5.16 Å². The van der Waals surface area contributed by atoms with Crippen molar-refractivity contribution in [3.63, 3.8) is 0 Å². The lowest BCUT2D eigenvalue weighted by atomic mass is 10.2. The first kappa shape index (κ1) is 14.6. The quantitative estimate of drug-likeness (QED) is 0.820. The molecule has 18 heavy (non-hydrogen) atoms. The van der Waals surface area contributed by atoms with Gasteiger partial charge in [0, 0.05) is 6.07 Å². The fourth-order valence-corrected chi connectivity index (χ4v) is 1.75. The summed E-state index contributed by atoms with van der Waals surface area (Å²) in [6, 6.07) is 1.34. The number of hydrogen-bond donors (Lipinski definition) is 1. The lowest BCUT2D eigenvalue weighted by Gasteiger charge is -2.19. The summed E-state index contributed by atoms with van der Waals surface area (Å²) in [6.07, 6.45) is 0. The van der Waals surface area contributed by atoms with Crippen molar-refractivity contribution in [3.05, 3.63) is 17.5 Å². The van der Waals surface area contributed by atoms with E-state index in [4.69, 9.17) is 14.4 Å². The second-order valence-electron chi connectivity index (χ2n) is 4.56. The topological polar surface area (TPSA) is 89.6 Å². The molecule has 0 radical (unpaired) electrons. The van der Waals surface area contributed by atoms with Gasteiger partial charge in [-0.25, -0.2) is 4.79 Å². The van der Waals surface area contributed by atoms with Gasteiger partial charge in [-0.05, 0) is 20.8 Å². The minimum absolute atomic E-state index is 0.136. The standard InChI is InChI=1S/C11H15NO5S/c1-11(2,3)16-9(13)6-18-5-7-4-8(10(14)15)12-17-7/h4H,5-6H2,1-3H3,(H,14,15). The third-order valence-electron chi connectivity index (χ3n) is 1.66. The van der Waals surface area contributed by atoms with Crippen LogP contribution in [-0.4, -0.2) is 33.6 Å². The Kier molecular flexibility index (Phi) is 4.77. The Morgan fingerprint density at radius 3 is 2.67 bits per heavy atom. The molecule has 0 saturated heterocycles. The maximum Gasteiger partial charge on any atom is 0.358 e. The van der Waals surface area contributed by atoms with Crippen LogP contribution < -0.4 is 0 Å². The Labute approximate surface area is 109 Å². The van der Waals surface area contributed by atoms with Crippen molar-refractivity contribution in [1.82, 2.24) is 5.16 Å². The number of carbonyl (C=O) groups is 2. The highest BCUT2D eigenvalue weighted by atomic mass is 32.2. The van der Waals surface area contributed by atoms with Crippen molar-refractivity contribution in [1.29, 1.82) is 0 Å². The maximum absolute atomic E-state index is 11.4. The fourth-order valence-electron chi connectivity index (χ4n) is 1.09. The zero-order chi connectivity index (χ0) is 13.8. The largest absolute Gasteiger partial charge is 0.476 e. The van der Waals surface area contributed by atoms with E-state index >= 15 is 0 Å². The molecule has 1 N–H and O–H groups in total. The third kappa shape index (κ3) is 5.22. The highest BCUT2D eigenvalue weighted by Gasteiger charge is 2.16. The Morgan fingerprint density at radius 2 is 2.17 bits per heavy atom. The van der Waals surface area contributed by atoms with Gasteiger partial charge in [-0.2, -0.15) is 0 Å². The molecule has 0 aliphatic heterocycles. The van der Waals surface area contributed by atoms with E-state index in [-0.39, 0.29) is 17.4 Å². The zero-order valence-corrected chi connectivity index (χ0v) is 11.2. The number of rotatable bonds is 5. The van der Waals surface area contributed by atoms with Crippen molar-refractivity contribution in [2.45, 2.75) is 32.1 Å². The second kappa shape index (κ2) is 5.90.